The third kappa shape index (κ3) is 2.89. The predicted molar refractivity (Wildman–Crippen MR) is 75.8 cm³/mol. The molecule has 0 atom stereocenters. The van der Waals surface area contributed by atoms with Gasteiger partial charge in [0.25, 0.3) is 0 Å². The molecule has 0 unspecified atom stereocenters. The van der Waals surface area contributed by atoms with Gasteiger partial charge in [0.1, 0.15) is 0 Å². The van der Waals surface area contributed by atoms with Crippen LogP contribution in [0.15, 0.2) is 0 Å². The second-order valence-corrected chi connectivity index (χ2v) is 4.74. The van der Waals surface area contributed by atoms with E-state index in [2.05, 4.69) is 35.5 Å². The highest BCUT2D eigenvalue weighted by Crippen LogP contribution is 2.17. The Hall–Kier alpha value is -1.71. The molecule has 0 aromatic carbocycles. The van der Waals surface area contributed by atoms with Crippen molar-refractivity contribution in [2.75, 3.05) is 67.7 Å². The van der Waals surface area contributed by atoms with Gasteiger partial charge in [0.2, 0.25) is 17.8 Å². The van der Waals surface area contributed by atoms with Crippen LogP contribution in [0.5, 0.6) is 0 Å². The number of hydrogen-bond donors (Lipinski definition) is 3. The van der Waals surface area contributed by atoms with E-state index in [0.29, 0.717) is 31.1 Å². The van der Waals surface area contributed by atoms with Crippen LogP contribution in [0.3, 0.4) is 0 Å². The number of aromatic nitrogens is 3. The van der Waals surface area contributed by atoms with Crippen molar-refractivity contribution in [3.63, 3.8) is 0 Å². The van der Waals surface area contributed by atoms with Crippen LogP contribution in [0.25, 0.3) is 0 Å². The highest BCUT2D eigenvalue weighted by atomic mass is 16.5. The van der Waals surface area contributed by atoms with Gasteiger partial charge in [0.05, 0.1) is 13.2 Å². The Morgan fingerprint density at radius 3 is 2.15 bits per heavy atom. The van der Waals surface area contributed by atoms with Crippen molar-refractivity contribution in [3.8, 4) is 0 Å². The summed E-state index contributed by atoms with van der Waals surface area (Å²) in [5.41, 5.74) is 2.52. The average Bonchev–Trinajstić information content (AvgIpc) is 2.56. The Kier molecular flexibility index (Phi) is 4.09. The van der Waals surface area contributed by atoms with Crippen molar-refractivity contribution < 1.29 is 4.74 Å². The average molecular weight is 280 g/mol. The lowest BCUT2D eigenvalue weighted by Crippen LogP contribution is -2.45. The van der Waals surface area contributed by atoms with Gasteiger partial charge in [-0.1, -0.05) is 0 Å². The van der Waals surface area contributed by atoms with Gasteiger partial charge in [0.15, 0.2) is 0 Å². The lowest BCUT2D eigenvalue weighted by Gasteiger charge is -2.30. The van der Waals surface area contributed by atoms with Crippen molar-refractivity contribution in [2.45, 2.75) is 0 Å². The molecule has 110 valence electrons. The maximum absolute atomic E-state index is 5.47. The number of hydrogen-bond acceptors (Lipinski definition) is 9. The lowest BCUT2D eigenvalue weighted by atomic mass is 10.4. The van der Waals surface area contributed by atoms with Crippen LogP contribution < -0.4 is 26.4 Å². The molecule has 0 bridgehead atoms. The van der Waals surface area contributed by atoms with Crippen LogP contribution in [0.4, 0.5) is 17.8 Å². The Morgan fingerprint density at radius 1 is 0.950 bits per heavy atom. The fourth-order valence-corrected chi connectivity index (χ4v) is 2.33. The molecular weight excluding hydrogens is 260 g/mol. The molecule has 1 aromatic heterocycles. The molecule has 4 N–H and O–H groups in total. The Labute approximate surface area is 117 Å². The Bertz CT molecular complexity index is 408. The molecule has 0 aliphatic carbocycles. The largest absolute Gasteiger partial charge is 0.378 e. The van der Waals surface area contributed by atoms with E-state index in [1.807, 2.05) is 0 Å². The van der Waals surface area contributed by atoms with Crippen molar-refractivity contribution in [1.82, 2.24) is 20.3 Å². The molecule has 2 aliphatic heterocycles. The fraction of sp³-hybridized carbons (Fsp3) is 0.727. The number of nitrogens with one attached hydrogen (secondary N) is 2. The normalized spacial score (nSPS) is 20.1. The van der Waals surface area contributed by atoms with Crippen LogP contribution in [0.1, 0.15) is 0 Å². The van der Waals surface area contributed by atoms with Gasteiger partial charge < -0.3 is 19.9 Å². The van der Waals surface area contributed by atoms with E-state index in [1.54, 1.807) is 0 Å². The summed E-state index contributed by atoms with van der Waals surface area (Å²) in [4.78, 5) is 17.5. The summed E-state index contributed by atoms with van der Waals surface area (Å²) in [5.74, 6) is 7.20. The number of anilines is 3. The van der Waals surface area contributed by atoms with Gasteiger partial charge in [-0.25, -0.2) is 5.84 Å². The SMILES string of the molecule is NNc1nc(N2CCNCC2)nc(N2CCOCC2)n1. The first-order valence-electron chi connectivity index (χ1n) is 6.88. The minimum atomic E-state index is 0.398. The number of hydrazine groups is 1. The first-order chi connectivity index (χ1) is 9.86. The van der Waals surface area contributed by atoms with Crippen molar-refractivity contribution in [1.29, 1.82) is 0 Å². The van der Waals surface area contributed by atoms with E-state index >= 15 is 0 Å². The first kappa shape index (κ1) is 13.3. The van der Waals surface area contributed by atoms with Crippen LogP contribution in [-0.4, -0.2) is 67.4 Å². The third-order valence-electron chi connectivity index (χ3n) is 3.43. The second-order valence-electron chi connectivity index (χ2n) is 4.74. The first-order valence-corrected chi connectivity index (χ1v) is 6.88. The molecule has 1 aromatic rings. The van der Waals surface area contributed by atoms with E-state index in [1.165, 1.54) is 0 Å². The zero-order valence-electron chi connectivity index (χ0n) is 11.4. The lowest BCUT2D eigenvalue weighted by molar-refractivity contribution is 0.122. The smallest absolute Gasteiger partial charge is 0.243 e. The van der Waals surface area contributed by atoms with Gasteiger partial charge in [-0.2, -0.15) is 15.0 Å². The molecule has 0 saturated carbocycles. The molecule has 0 spiro atoms. The Morgan fingerprint density at radius 2 is 1.55 bits per heavy atom. The molecule has 2 saturated heterocycles. The van der Waals surface area contributed by atoms with Crippen LogP contribution in [0, 0.1) is 0 Å². The molecule has 0 amide bonds. The summed E-state index contributed by atoms with van der Waals surface area (Å²) in [5, 5.41) is 3.31. The quantitative estimate of drug-likeness (QED) is 0.446. The number of nitrogen functional groups attached to an aromatic ring is 1. The van der Waals surface area contributed by atoms with E-state index < -0.39 is 0 Å². The van der Waals surface area contributed by atoms with Crippen LogP contribution in [0.2, 0.25) is 0 Å². The molecule has 20 heavy (non-hydrogen) atoms. The van der Waals surface area contributed by atoms with E-state index in [-0.39, 0.29) is 0 Å². The van der Waals surface area contributed by atoms with Gasteiger partial charge in [-0.3, -0.25) is 5.43 Å². The van der Waals surface area contributed by atoms with Crippen LogP contribution in [-0.2, 0) is 4.74 Å². The molecule has 2 fully saturated rings. The maximum atomic E-state index is 5.47. The molecule has 2 aliphatic rings. The summed E-state index contributed by atoms with van der Waals surface area (Å²) >= 11 is 0. The predicted octanol–water partition coefficient (Wildman–Crippen LogP) is -1.60. The summed E-state index contributed by atoms with van der Waals surface area (Å²) in [6.45, 7) is 6.60. The number of ether oxygens (including phenoxy) is 1. The minimum absolute atomic E-state index is 0.398. The highest BCUT2D eigenvalue weighted by Gasteiger charge is 2.19. The highest BCUT2D eigenvalue weighted by molar-refractivity contribution is 5.45. The van der Waals surface area contributed by atoms with E-state index in [9.17, 15) is 0 Å². The monoisotopic (exact) mass is 280 g/mol. The molecule has 9 nitrogen and oxygen atoms in total. The van der Waals surface area contributed by atoms with Crippen molar-refractivity contribution in [3.05, 3.63) is 0 Å². The summed E-state index contributed by atoms with van der Waals surface area (Å²) in [7, 11) is 0. The molecular formula is C11H20N8O. The molecule has 3 heterocycles. The Balaban J connectivity index is 1.85. The zero-order chi connectivity index (χ0) is 13.8. The number of nitrogens with zero attached hydrogens (tertiary/aromatic N) is 5. The molecule has 3 rings (SSSR count). The van der Waals surface area contributed by atoms with Crippen molar-refractivity contribution in [2.24, 2.45) is 5.84 Å². The zero-order valence-corrected chi connectivity index (χ0v) is 11.4. The van der Waals surface area contributed by atoms with E-state index in [4.69, 9.17) is 10.6 Å². The fourth-order valence-electron chi connectivity index (χ4n) is 2.33. The van der Waals surface area contributed by atoms with Gasteiger partial charge in [0, 0.05) is 39.3 Å². The topological polar surface area (TPSA) is 104 Å². The maximum Gasteiger partial charge on any atom is 0.243 e. The summed E-state index contributed by atoms with van der Waals surface area (Å²) in [6.07, 6.45) is 0. The van der Waals surface area contributed by atoms with Crippen LogP contribution >= 0.6 is 0 Å². The third-order valence-corrected chi connectivity index (χ3v) is 3.43. The number of rotatable bonds is 3. The van der Waals surface area contributed by atoms with Gasteiger partial charge >= 0.3 is 0 Å². The van der Waals surface area contributed by atoms with Crippen molar-refractivity contribution >= 4 is 17.8 Å². The number of piperazine rings is 1. The molecule has 0 radical (unpaired) electrons. The minimum Gasteiger partial charge on any atom is -0.378 e. The molecule has 9 heteroatoms. The number of nitrogens with two attached hydrogens (primary N) is 1. The number of morpholine rings is 1. The van der Waals surface area contributed by atoms with Gasteiger partial charge in [-0.15, -0.1) is 0 Å². The van der Waals surface area contributed by atoms with E-state index in [0.717, 1.165) is 39.3 Å². The standard InChI is InChI=1S/C11H20N8O/c12-17-9-14-10(18-3-1-13-2-4-18)16-11(15-9)19-5-7-20-8-6-19/h13H,1-8,12H2,(H,14,15,16,17). The van der Waals surface area contributed by atoms with Gasteiger partial charge in [-0.05, 0) is 0 Å². The summed E-state index contributed by atoms with van der Waals surface area (Å²) < 4.78 is 5.35. The second kappa shape index (κ2) is 6.16. The summed E-state index contributed by atoms with van der Waals surface area (Å²) in [6, 6.07) is 0.